The first-order chi connectivity index (χ1) is 17.6. The van der Waals surface area contributed by atoms with Crippen LogP contribution in [0.2, 0.25) is 0 Å². The Hall–Kier alpha value is -3.80. The van der Waals surface area contributed by atoms with Crippen LogP contribution in [-0.2, 0) is 0 Å². The number of aromatic amines is 1. The lowest BCUT2D eigenvalue weighted by molar-refractivity contribution is -0.390. The van der Waals surface area contributed by atoms with Crippen molar-refractivity contribution in [2.75, 3.05) is 0 Å². The second-order valence-electron chi connectivity index (χ2n) is 9.48. The van der Waals surface area contributed by atoms with Gasteiger partial charge in [-0.3, -0.25) is 5.10 Å². The Morgan fingerprint density at radius 2 is 2.03 bits per heavy atom. The van der Waals surface area contributed by atoms with Gasteiger partial charge in [0.2, 0.25) is 11.6 Å². The molecule has 0 fully saturated rings. The summed E-state index contributed by atoms with van der Waals surface area (Å²) in [6.45, 7) is 7.80. The van der Waals surface area contributed by atoms with Crippen LogP contribution in [0.1, 0.15) is 56.9 Å². The molecule has 37 heavy (non-hydrogen) atoms. The Bertz CT molecular complexity index is 1490. The van der Waals surface area contributed by atoms with Gasteiger partial charge in [-0.1, -0.05) is 13.0 Å². The van der Waals surface area contributed by atoms with Crippen molar-refractivity contribution in [2.45, 2.75) is 51.4 Å². The van der Waals surface area contributed by atoms with Crippen LogP contribution in [0.3, 0.4) is 0 Å². The summed E-state index contributed by atoms with van der Waals surface area (Å²) in [4.78, 5) is 14.7. The van der Waals surface area contributed by atoms with E-state index in [0.29, 0.717) is 27.2 Å². The second-order valence-corrected chi connectivity index (χ2v) is 10.4. The van der Waals surface area contributed by atoms with E-state index in [0.717, 1.165) is 5.56 Å². The fourth-order valence-corrected chi connectivity index (χ4v) is 5.36. The third kappa shape index (κ3) is 4.45. The van der Waals surface area contributed by atoms with Crippen LogP contribution < -0.4 is 9.47 Å². The SMILES string of the molecule is CC(Oc1cc(Br)cnc1[N+](=O)[O-])c1ccc(F)cc1-c1[nH]ncc1C(C)C1n2nccc2OC1(C)C. The summed E-state index contributed by atoms with van der Waals surface area (Å²) in [5.74, 6) is -0.283. The molecule has 5 rings (SSSR count). The van der Waals surface area contributed by atoms with Gasteiger partial charge in [0.05, 0.1) is 22.6 Å². The third-order valence-electron chi connectivity index (χ3n) is 6.61. The number of benzene rings is 1. The predicted octanol–water partition coefficient (Wildman–Crippen LogP) is 6.13. The summed E-state index contributed by atoms with van der Waals surface area (Å²) >= 11 is 3.28. The molecule has 192 valence electrons. The molecule has 3 aromatic heterocycles. The first-order valence-electron chi connectivity index (χ1n) is 11.6. The molecular formula is C25H24BrFN6O4. The van der Waals surface area contributed by atoms with Gasteiger partial charge in [0.25, 0.3) is 0 Å². The van der Waals surface area contributed by atoms with Crippen molar-refractivity contribution in [2.24, 2.45) is 0 Å². The van der Waals surface area contributed by atoms with E-state index in [4.69, 9.17) is 9.47 Å². The number of nitrogens with zero attached hydrogens (tertiary/aromatic N) is 5. The fourth-order valence-electron chi connectivity index (χ4n) is 5.05. The lowest BCUT2D eigenvalue weighted by Crippen LogP contribution is -2.35. The highest BCUT2D eigenvalue weighted by Crippen LogP contribution is 2.47. The van der Waals surface area contributed by atoms with E-state index in [1.54, 1.807) is 25.4 Å². The van der Waals surface area contributed by atoms with Gasteiger partial charge in [0, 0.05) is 34.7 Å². The number of ether oxygens (including phenoxy) is 2. The quantitative estimate of drug-likeness (QED) is 0.209. The standard InChI is InChI=1S/C25H24BrFN6O4/c1-13(23-25(3,4)37-21-7-8-30-32(21)23)19-12-29-31-22(19)18-10-16(27)5-6-17(18)14(2)36-20-9-15(26)11-28-24(20)33(34)35/h5-14,23H,1-4H3,(H,29,31). The molecule has 0 saturated carbocycles. The monoisotopic (exact) mass is 570 g/mol. The van der Waals surface area contributed by atoms with Gasteiger partial charge in [-0.2, -0.15) is 10.2 Å². The zero-order chi connectivity index (χ0) is 26.5. The largest absolute Gasteiger partial charge is 0.478 e. The average Bonchev–Trinajstić information content (AvgIpc) is 3.53. The molecule has 0 spiro atoms. The lowest BCUT2D eigenvalue weighted by Gasteiger charge is -2.30. The Morgan fingerprint density at radius 1 is 1.24 bits per heavy atom. The van der Waals surface area contributed by atoms with Crippen LogP contribution in [0.15, 0.2) is 53.4 Å². The maximum Gasteiger partial charge on any atom is 0.406 e. The molecule has 10 nitrogen and oxygen atoms in total. The highest BCUT2D eigenvalue weighted by molar-refractivity contribution is 9.10. The number of hydrogen-bond donors (Lipinski definition) is 1. The van der Waals surface area contributed by atoms with E-state index < -0.39 is 28.3 Å². The number of aromatic nitrogens is 5. The van der Waals surface area contributed by atoms with Gasteiger partial charge in [-0.05, 0) is 58.7 Å². The highest BCUT2D eigenvalue weighted by Gasteiger charge is 2.46. The number of H-pyrrole nitrogens is 1. The van der Waals surface area contributed by atoms with E-state index in [1.165, 1.54) is 24.4 Å². The molecular weight excluding hydrogens is 547 g/mol. The maximum atomic E-state index is 14.5. The number of nitrogens with one attached hydrogen (secondary N) is 1. The summed E-state index contributed by atoms with van der Waals surface area (Å²) in [6, 6.07) is 7.51. The van der Waals surface area contributed by atoms with Crippen molar-refractivity contribution in [3.63, 3.8) is 0 Å². The summed E-state index contributed by atoms with van der Waals surface area (Å²) in [5.41, 5.74) is 2.09. The van der Waals surface area contributed by atoms with Crippen molar-refractivity contribution in [1.82, 2.24) is 25.0 Å². The van der Waals surface area contributed by atoms with Gasteiger partial charge < -0.3 is 19.6 Å². The van der Waals surface area contributed by atoms with Gasteiger partial charge in [-0.15, -0.1) is 0 Å². The molecule has 0 bridgehead atoms. The smallest absolute Gasteiger partial charge is 0.406 e. The average molecular weight is 571 g/mol. The minimum absolute atomic E-state index is 0.00332. The van der Waals surface area contributed by atoms with Crippen LogP contribution in [0, 0.1) is 15.9 Å². The van der Waals surface area contributed by atoms with Gasteiger partial charge in [0.15, 0.2) is 6.20 Å². The van der Waals surface area contributed by atoms with Crippen molar-refractivity contribution in [3.8, 4) is 22.9 Å². The van der Waals surface area contributed by atoms with Crippen molar-refractivity contribution in [3.05, 3.63) is 80.5 Å². The Kier molecular flexibility index (Phi) is 6.22. The summed E-state index contributed by atoms with van der Waals surface area (Å²) in [5, 5.41) is 23.2. The van der Waals surface area contributed by atoms with E-state index in [-0.39, 0.29) is 17.7 Å². The topological polar surface area (TPSA) is 121 Å². The van der Waals surface area contributed by atoms with Crippen LogP contribution in [0.5, 0.6) is 11.6 Å². The van der Waals surface area contributed by atoms with Crippen LogP contribution in [0.25, 0.3) is 11.3 Å². The molecule has 0 saturated heterocycles. The molecule has 1 aromatic carbocycles. The number of fused-ring (bicyclic) bond motifs is 1. The van der Waals surface area contributed by atoms with Crippen molar-refractivity contribution >= 4 is 21.7 Å². The molecule has 1 aliphatic rings. The summed E-state index contributed by atoms with van der Waals surface area (Å²) < 4.78 is 29.1. The molecule has 3 atom stereocenters. The zero-order valence-corrected chi connectivity index (χ0v) is 22.1. The maximum absolute atomic E-state index is 14.5. The van der Waals surface area contributed by atoms with Gasteiger partial charge in [0.1, 0.15) is 23.6 Å². The predicted molar refractivity (Wildman–Crippen MR) is 136 cm³/mol. The first-order valence-corrected chi connectivity index (χ1v) is 12.4. The summed E-state index contributed by atoms with van der Waals surface area (Å²) in [7, 11) is 0. The number of hydrogen-bond acceptors (Lipinski definition) is 7. The molecule has 0 amide bonds. The molecule has 12 heteroatoms. The number of halogens is 2. The van der Waals surface area contributed by atoms with E-state index >= 15 is 0 Å². The second kappa shape index (κ2) is 9.25. The zero-order valence-electron chi connectivity index (χ0n) is 20.5. The minimum Gasteiger partial charge on any atom is -0.478 e. The van der Waals surface area contributed by atoms with Gasteiger partial charge >= 0.3 is 5.82 Å². The molecule has 1 aliphatic heterocycles. The molecule has 1 N–H and O–H groups in total. The molecule has 3 unspecified atom stereocenters. The number of rotatable bonds is 7. The Labute approximate surface area is 220 Å². The van der Waals surface area contributed by atoms with Crippen LogP contribution in [-0.4, -0.2) is 35.5 Å². The highest BCUT2D eigenvalue weighted by atomic mass is 79.9. The van der Waals surface area contributed by atoms with Gasteiger partial charge in [-0.25, -0.2) is 9.07 Å². The number of pyridine rings is 1. The first kappa shape index (κ1) is 24.9. The van der Waals surface area contributed by atoms with E-state index in [9.17, 15) is 14.5 Å². The molecule has 4 heterocycles. The van der Waals surface area contributed by atoms with Crippen molar-refractivity contribution < 1.29 is 18.8 Å². The van der Waals surface area contributed by atoms with Crippen LogP contribution >= 0.6 is 15.9 Å². The molecule has 0 radical (unpaired) electrons. The normalized spacial score (nSPS) is 17.6. The number of nitro groups is 1. The lowest BCUT2D eigenvalue weighted by atomic mass is 9.83. The van der Waals surface area contributed by atoms with Crippen molar-refractivity contribution in [1.29, 1.82) is 0 Å². The van der Waals surface area contributed by atoms with Crippen LogP contribution in [0.4, 0.5) is 10.2 Å². The molecule has 4 aromatic rings. The Morgan fingerprint density at radius 3 is 2.78 bits per heavy atom. The van der Waals surface area contributed by atoms with E-state index in [2.05, 4.69) is 43.1 Å². The molecule has 0 aliphatic carbocycles. The summed E-state index contributed by atoms with van der Waals surface area (Å²) in [6.07, 6.45) is 4.07. The Balaban J connectivity index is 1.54. The third-order valence-corrected chi connectivity index (χ3v) is 7.04. The minimum atomic E-state index is -0.680. The fraction of sp³-hybridized carbons (Fsp3) is 0.320. The van der Waals surface area contributed by atoms with E-state index in [1.807, 2.05) is 24.6 Å².